The van der Waals surface area contributed by atoms with Crippen molar-refractivity contribution in [2.75, 3.05) is 0 Å². The number of hydrogen-bond acceptors (Lipinski definition) is 3. The average molecular weight is 254 g/mol. The van der Waals surface area contributed by atoms with Crippen LogP contribution in [-0.2, 0) is 18.3 Å². The molecule has 0 unspecified atom stereocenters. The van der Waals surface area contributed by atoms with E-state index < -0.39 is 0 Å². The fourth-order valence-electron chi connectivity index (χ4n) is 2.23. The van der Waals surface area contributed by atoms with Crippen LogP contribution in [0.4, 0.5) is 0 Å². The zero-order chi connectivity index (χ0) is 13.5. The van der Waals surface area contributed by atoms with Crippen LogP contribution in [-0.4, -0.2) is 10.2 Å². The third-order valence-electron chi connectivity index (χ3n) is 3.45. The van der Waals surface area contributed by atoms with Crippen molar-refractivity contribution in [2.45, 2.75) is 39.0 Å². The Bertz CT molecular complexity index is 614. The number of para-hydroxylation sites is 1. The lowest BCUT2D eigenvalue weighted by Crippen LogP contribution is -2.15. The minimum absolute atomic E-state index is 0.0151. The summed E-state index contributed by atoms with van der Waals surface area (Å²) in [4.78, 5) is 0. The van der Waals surface area contributed by atoms with Crippen molar-refractivity contribution in [2.24, 2.45) is 0 Å². The Labute approximate surface area is 113 Å². The smallest absolute Gasteiger partial charge is 0.242 e. The molecule has 98 valence electrons. The number of nitrogens with zero attached hydrogens (tertiary/aromatic N) is 2. The summed E-state index contributed by atoms with van der Waals surface area (Å²) in [5, 5.41) is 8.58. The summed E-state index contributed by atoms with van der Waals surface area (Å²) in [6.45, 7) is 6.45. The van der Waals surface area contributed by atoms with Crippen LogP contribution in [0.1, 0.15) is 37.6 Å². The molecule has 0 amide bonds. The molecule has 1 aliphatic heterocycles. The van der Waals surface area contributed by atoms with Crippen LogP contribution < -0.4 is 4.74 Å². The molecule has 0 atom stereocenters. The first-order valence-corrected chi connectivity index (χ1v) is 6.67. The normalized spacial score (nSPS) is 14.1. The second kappa shape index (κ2) is 4.34. The lowest BCUT2D eigenvalue weighted by Gasteiger charge is -2.18. The molecule has 1 aromatic heterocycles. The van der Waals surface area contributed by atoms with E-state index in [2.05, 4.69) is 43.1 Å². The highest BCUT2D eigenvalue weighted by molar-refractivity contribution is 5.42. The lowest BCUT2D eigenvalue weighted by atomic mass is 9.91. The first-order chi connectivity index (χ1) is 9.04. The minimum Gasteiger partial charge on any atom is -0.437 e. The molecule has 0 saturated heterocycles. The molecule has 1 aliphatic rings. The van der Waals surface area contributed by atoms with Gasteiger partial charge in [0.1, 0.15) is 5.75 Å². The molecule has 3 nitrogen and oxygen atoms in total. The quantitative estimate of drug-likeness (QED) is 0.719. The Morgan fingerprint density at radius 2 is 1.74 bits per heavy atom. The van der Waals surface area contributed by atoms with Crippen molar-refractivity contribution in [3.8, 4) is 11.6 Å². The first-order valence-electron chi connectivity index (χ1n) is 6.67. The standard InChI is InChI=1S/C16H18N2O/c1-16(2,3)14-10-12-9-8-11-6-4-5-7-13(11)19-15(12)18-17-14/h4-7,10H,8-9H2,1-3H3. The van der Waals surface area contributed by atoms with Gasteiger partial charge in [0, 0.05) is 11.0 Å². The lowest BCUT2D eigenvalue weighted by molar-refractivity contribution is 0.445. The summed E-state index contributed by atoms with van der Waals surface area (Å²) in [5.41, 5.74) is 3.41. The molecule has 3 rings (SSSR count). The monoisotopic (exact) mass is 254 g/mol. The Morgan fingerprint density at radius 1 is 1.00 bits per heavy atom. The van der Waals surface area contributed by atoms with E-state index in [1.54, 1.807) is 0 Å². The number of hydrogen-bond donors (Lipinski definition) is 0. The summed E-state index contributed by atoms with van der Waals surface area (Å²) < 4.78 is 5.90. The molecule has 0 aliphatic carbocycles. The van der Waals surface area contributed by atoms with Crippen molar-refractivity contribution in [3.05, 3.63) is 47.2 Å². The highest BCUT2D eigenvalue weighted by atomic mass is 16.5. The van der Waals surface area contributed by atoms with Gasteiger partial charge < -0.3 is 4.74 Å². The van der Waals surface area contributed by atoms with Crippen LogP contribution in [0.5, 0.6) is 11.6 Å². The van der Waals surface area contributed by atoms with Crippen molar-refractivity contribution in [3.63, 3.8) is 0 Å². The SMILES string of the molecule is CC(C)(C)c1cc2c(nn1)Oc1ccccc1CC2. The van der Waals surface area contributed by atoms with Crippen molar-refractivity contribution in [1.82, 2.24) is 10.2 Å². The number of aromatic nitrogens is 2. The van der Waals surface area contributed by atoms with Crippen molar-refractivity contribution >= 4 is 0 Å². The number of fused-ring (bicyclic) bond motifs is 2. The van der Waals surface area contributed by atoms with E-state index in [0.29, 0.717) is 5.88 Å². The molecule has 1 aromatic carbocycles. The third-order valence-corrected chi connectivity index (χ3v) is 3.45. The largest absolute Gasteiger partial charge is 0.437 e. The molecule has 2 heterocycles. The van der Waals surface area contributed by atoms with Gasteiger partial charge in [-0.15, -0.1) is 5.10 Å². The molecule has 0 saturated carbocycles. The molecule has 0 bridgehead atoms. The van der Waals surface area contributed by atoms with Gasteiger partial charge in [-0.25, -0.2) is 0 Å². The topological polar surface area (TPSA) is 35.0 Å². The summed E-state index contributed by atoms with van der Waals surface area (Å²) in [6.07, 6.45) is 1.93. The highest BCUT2D eigenvalue weighted by Crippen LogP contribution is 2.33. The number of rotatable bonds is 0. The Hall–Kier alpha value is -1.90. The number of aryl methyl sites for hydroxylation is 2. The maximum atomic E-state index is 5.90. The maximum Gasteiger partial charge on any atom is 0.242 e. The van der Waals surface area contributed by atoms with Gasteiger partial charge in [0.2, 0.25) is 5.88 Å². The molecule has 19 heavy (non-hydrogen) atoms. The first kappa shape index (κ1) is 12.2. The summed E-state index contributed by atoms with van der Waals surface area (Å²) in [6, 6.07) is 10.3. The summed E-state index contributed by atoms with van der Waals surface area (Å²) in [7, 11) is 0. The molecule has 0 spiro atoms. The van der Waals surface area contributed by atoms with Gasteiger partial charge in [-0.05, 0) is 30.5 Å². The summed E-state index contributed by atoms with van der Waals surface area (Å²) >= 11 is 0. The van der Waals surface area contributed by atoms with E-state index in [1.165, 1.54) is 5.56 Å². The molecular formula is C16H18N2O. The molecule has 0 fully saturated rings. The third kappa shape index (κ3) is 2.33. The predicted octanol–water partition coefficient (Wildman–Crippen LogP) is 3.67. The Balaban J connectivity index is 2.02. The number of ether oxygens (including phenoxy) is 1. The number of benzene rings is 1. The van der Waals surface area contributed by atoms with Crippen molar-refractivity contribution in [1.29, 1.82) is 0 Å². The van der Waals surface area contributed by atoms with Gasteiger partial charge in [0.15, 0.2) is 0 Å². The van der Waals surface area contributed by atoms with Gasteiger partial charge in [-0.3, -0.25) is 0 Å². The average Bonchev–Trinajstić information content (AvgIpc) is 2.55. The van der Waals surface area contributed by atoms with Gasteiger partial charge >= 0.3 is 0 Å². The van der Waals surface area contributed by atoms with Gasteiger partial charge in [0.25, 0.3) is 0 Å². The van der Waals surface area contributed by atoms with Gasteiger partial charge in [-0.1, -0.05) is 39.0 Å². The van der Waals surface area contributed by atoms with E-state index >= 15 is 0 Å². The fourth-order valence-corrected chi connectivity index (χ4v) is 2.23. The second-order valence-corrected chi connectivity index (χ2v) is 6.02. The Morgan fingerprint density at radius 3 is 2.53 bits per heavy atom. The van der Waals surface area contributed by atoms with Crippen LogP contribution in [0.15, 0.2) is 30.3 Å². The molecular weight excluding hydrogens is 236 g/mol. The van der Waals surface area contributed by atoms with Crippen molar-refractivity contribution < 1.29 is 4.74 Å². The van der Waals surface area contributed by atoms with E-state index in [4.69, 9.17) is 4.74 Å². The maximum absolute atomic E-state index is 5.90. The van der Waals surface area contributed by atoms with Crippen LogP contribution >= 0.6 is 0 Å². The molecule has 0 N–H and O–H groups in total. The Kier molecular flexibility index (Phi) is 2.77. The fraction of sp³-hybridized carbons (Fsp3) is 0.375. The van der Waals surface area contributed by atoms with Gasteiger partial charge in [0.05, 0.1) is 5.69 Å². The zero-order valence-electron chi connectivity index (χ0n) is 11.6. The summed E-state index contributed by atoms with van der Waals surface area (Å²) in [5.74, 6) is 1.55. The van der Waals surface area contributed by atoms with Crippen LogP contribution in [0.3, 0.4) is 0 Å². The predicted molar refractivity (Wildman–Crippen MR) is 74.7 cm³/mol. The van der Waals surface area contributed by atoms with E-state index in [9.17, 15) is 0 Å². The van der Waals surface area contributed by atoms with Crippen LogP contribution in [0.25, 0.3) is 0 Å². The molecule has 3 heteroatoms. The molecule has 0 radical (unpaired) electrons. The van der Waals surface area contributed by atoms with E-state index in [0.717, 1.165) is 29.8 Å². The second-order valence-electron chi connectivity index (χ2n) is 6.02. The molecule has 2 aromatic rings. The van der Waals surface area contributed by atoms with Crippen LogP contribution in [0.2, 0.25) is 0 Å². The zero-order valence-corrected chi connectivity index (χ0v) is 11.6. The van der Waals surface area contributed by atoms with Crippen LogP contribution in [0, 0.1) is 0 Å². The highest BCUT2D eigenvalue weighted by Gasteiger charge is 2.21. The van der Waals surface area contributed by atoms with Gasteiger partial charge in [-0.2, -0.15) is 5.10 Å². The van der Waals surface area contributed by atoms with E-state index in [1.807, 2.05) is 18.2 Å². The minimum atomic E-state index is 0.0151. The van der Waals surface area contributed by atoms with E-state index in [-0.39, 0.29) is 5.41 Å².